The van der Waals surface area contributed by atoms with E-state index in [-0.39, 0.29) is 11.4 Å². The van der Waals surface area contributed by atoms with Crippen LogP contribution in [0.25, 0.3) is 0 Å². The summed E-state index contributed by atoms with van der Waals surface area (Å²) >= 11 is 1.82. The second-order valence-corrected chi connectivity index (χ2v) is 6.58. The molecule has 0 aromatic heterocycles. The first-order valence-corrected chi connectivity index (χ1v) is 6.84. The number of aliphatic imine (C=N–C) groups is 1. The van der Waals surface area contributed by atoms with E-state index < -0.39 is 5.54 Å². The van der Waals surface area contributed by atoms with Gasteiger partial charge in [-0.2, -0.15) is 11.8 Å². The highest BCUT2D eigenvalue weighted by atomic mass is 32.2. The molecule has 0 aromatic carbocycles. The highest BCUT2D eigenvalue weighted by Crippen LogP contribution is 2.32. The van der Waals surface area contributed by atoms with Crippen molar-refractivity contribution in [2.45, 2.75) is 44.7 Å². The van der Waals surface area contributed by atoms with Crippen LogP contribution in [0.15, 0.2) is 4.99 Å². The third-order valence-electron chi connectivity index (χ3n) is 2.69. The van der Waals surface area contributed by atoms with Crippen LogP contribution < -0.4 is 10.6 Å². The van der Waals surface area contributed by atoms with Crippen LogP contribution >= 0.6 is 11.8 Å². The monoisotopic (exact) mass is 241 g/mol. The summed E-state index contributed by atoms with van der Waals surface area (Å²) in [7, 11) is 0. The minimum Gasteiger partial charge on any atom is -0.351 e. The Morgan fingerprint density at radius 2 is 2.25 bits per heavy atom. The van der Waals surface area contributed by atoms with Crippen LogP contribution in [0.3, 0.4) is 0 Å². The van der Waals surface area contributed by atoms with Crippen molar-refractivity contribution in [1.29, 1.82) is 0 Å². The SMILES string of the molecule is CC(C)(C)NC1=NC2(CCCSC2)C(=O)N1. The maximum Gasteiger partial charge on any atom is 0.255 e. The molecule has 1 saturated heterocycles. The van der Waals surface area contributed by atoms with Gasteiger partial charge in [-0.3, -0.25) is 10.1 Å². The first kappa shape index (κ1) is 11.8. The molecule has 2 aliphatic heterocycles. The molecule has 0 radical (unpaired) electrons. The molecule has 2 N–H and O–H groups in total. The van der Waals surface area contributed by atoms with E-state index in [4.69, 9.17) is 0 Å². The number of guanidine groups is 1. The second kappa shape index (κ2) is 3.95. The molecule has 90 valence electrons. The molecule has 5 heteroatoms. The summed E-state index contributed by atoms with van der Waals surface area (Å²) in [6.45, 7) is 6.17. The molecule has 0 saturated carbocycles. The van der Waals surface area contributed by atoms with Gasteiger partial charge < -0.3 is 5.32 Å². The Morgan fingerprint density at radius 1 is 1.50 bits per heavy atom. The molecule has 0 bridgehead atoms. The summed E-state index contributed by atoms with van der Waals surface area (Å²) in [5.41, 5.74) is -0.560. The molecule has 0 aromatic rings. The van der Waals surface area contributed by atoms with Crippen molar-refractivity contribution in [3.63, 3.8) is 0 Å². The molecule has 1 fully saturated rings. The summed E-state index contributed by atoms with van der Waals surface area (Å²) in [6, 6.07) is 0. The van der Waals surface area contributed by atoms with Gasteiger partial charge in [0, 0.05) is 11.3 Å². The van der Waals surface area contributed by atoms with Crippen LogP contribution in [-0.2, 0) is 4.79 Å². The highest BCUT2D eigenvalue weighted by Gasteiger charge is 2.45. The Bertz CT molecular complexity index is 327. The van der Waals surface area contributed by atoms with Gasteiger partial charge in [0.15, 0.2) is 11.5 Å². The summed E-state index contributed by atoms with van der Waals surface area (Å²) < 4.78 is 0. The summed E-state index contributed by atoms with van der Waals surface area (Å²) in [5.74, 6) is 2.66. The van der Waals surface area contributed by atoms with E-state index in [9.17, 15) is 4.79 Å². The van der Waals surface area contributed by atoms with Crippen LogP contribution in [0.4, 0.5) is 0 Å². The number of amides is 1. The minimum atomic E-state index is -0.490. The number of nitrogens with zero attached hydrogens (tertiary/aromatic N) is 1. The molecule has 1 atom stereocenters. The fourth-order valence-corrected chi connectivity index (χ4v) is 3.15. The molecule has 1 unspecified atom stereocenters. The Kier molecular flexibility index (Phi) is 2.90. The van der Waals surface area contributed by atoms with Gasteiger partial charge >= 0.3 is 0 Å². The third kappa shape index (κ3) is 2.34. The molecular formula is C11H19N3OS. The van der Waals surface area contributed by atoms with Crippen LogP contribution in [0.1, 0.15) is 33.6 Å². The molecule has 2 heterocycles. The number of nitrogens with one attached hydrogen (secondary N) is 2. The normalized spacial score (nSPS) is 30.2. The number of carbonyl (C=O) groups is 1. The largest absolute Gasteiger partial charge is 0.351 e. The number of hydrogen-bond acceptors (Lipinski definition) is 4. The highest BCUT2D eigenvalue weighted by molar-refractivity contribution is 7.99. The minimum absolute atomic E-state index is 0.0615. The van der Waals surface area contributed by atoms with E-state index in [1.54, 1.807) is 0 Å². The predicted octanol–water partition coefficient (Wildman–Crippen LogP) is 1.13. The van der Waals surface area contributed by atoms with E-state index in [2.05, 4.69) is 36.4 Å². The average molecular weight is 241 g/mol. The summed E-state index contributed by atoms with van der Waals surface area (Å²) in [6.07, 6.45) is 1.95. The molecular weight excluding hydrogens is 222 g/mol. The van der Waals surface area contributed by atoms with Crippen LogP contribution in [-0.4, -0.2) is 34.5 Å². The maximum absolute atomic E-state index is 12.0. The number of hydrogen-bond donors (Lipinski definition) is 2. The van der Waals surface area contributed by atoms with Gasteiger partial charge in [-0.1, -0.05) is 0 Å². The van der Waals surface area contributed by atoms with Gasteiger partial charge in [0.05, 0.1) is 0 Å². The van der Waals surface area contributed by atoms with Gasteiger partial charge in [-0.25, -0.2) is 4.99 Å². The van der Waals surface area contributed by atoms with Crippen molar-refractivity contribution < 1.29 is 4.79 Å². The number of rotatable bonds is 0. The molecule has 2 rings (SSSR count). The number of thioether (sulfide) groups is 1. The Morgan fingerprint density at radius 3 is 2.81 bits per heavy atom. The molecule has 0 aliphatic carbocycles. The first-order valence-electron chi connectivity index (χ1n) is 5.69. The van der Waals surface area contributed by atoms with Crippen LogP contribution in [0, 0.1) is 0 Å². The second-order valence-electron chi connectivity index (χ2n) is 5.48. The van der Waals surface area contributed by atoms with Crippen LogP contribution in [0.5, 0.6) is 0 Å². The molecule has 1 spiro atoms. The summed E-state index contributed by atoms with van der Waals surface area (Å²) in [5, 5.41) is 6.09. The zero-order valence-corrected chi connectivity index (χ0v) is 10.9. The Balaban J connectivity index is 2.13. The van der Waals surface area contributed by atoms with Crippen molar-refractivity contribution in [3.05, 3.63) is 0 Å². The third-order valence-corrected chi connectivity index (χ3v) is 3.95. The fraction of sp³-hybridized carbons (Fsp3) is 0.818. The van der Waals surface area contributed by atoms with E-state index in [0.29, 0.717) is 5.96 Å². The molecule has 16 heavy (non-hydrogen) atoms. The van der Waals surface area contributed by atoms with Crippen molar-refractivity contribution in [2.24, 2.45) is 4.99 Å². The lowest BCUT2D eigenvalue weighted by molar-refractivity contribution is -0.123. The van der Waals surface area contributed by atoms with E-state index in [1.807, 2.05) is 11.8 Å². The van der Waals surface area contributed by atoms with Crippen molar-refractivity contribution in [2.75, 3.05) is 11.5 Å². The molecule has 1 amide bonds. The van der Waals surface area contributed by atoms with Crippen LogP contribution in [0.2, 0.25) is 0 Å². The molecule has 4 nitrogen and oxygen atoms in total. The average Bonchev–Trinajstić information content (AvgIpc) is 2.41. The quantitative estimate of drug-likeness (QED) is 0.668. The van der Waals surface area contributed by atoms with Gasteiger partial charge in [-0.15, -0.1) is 0 Å². The Labute approximate surface area is 101 Å². The van der Waals surface area contributed by atoms with E-state index >= 15 is 0 Å². The number of carbonyl (C=O) groups excluding carboxylic acids is 1. The standard InChI is InChI=1S/C11H19N3OS/c1-10(2,3)13-9-12-8(15)11(14-9)5-4-6-16-7-11/h4-7H2,1-3H3,(H2,12,13,14,15). The topological polar surface area (TPSA) is 53.5 Å². The van der Waals surface area contributed by atoms with Gasteiger partial charge in [0.1, 0.15) is 0 Å². The Hall–Kier alpha value is -0.710. The lowest BCUT2D eigenvalue weighted by atomic mass is 9.96. The van der Waals surface area contributed by atoms with Gasteiger partial charge in [0.2, 0.25) is 0 Å². The van der Waals surface area contributed by atoms with Gasteiger partial charge in [-0.05, 0) is 39.4 Å². The smallest absolute Gasteiger partial charge is 0.255 e. The zero-order chi connectivity index (χ0) is 11.8. The maximum atomic E-state index is 12.0. The van der Waals surface area contributed by atoms with E-state index in [0.717, 1.165) is 24.3 Å². The summed E-state index contributed by atoms with van der Waals surface area (Å²) in [4.78, 5) is 16.5. The zero-order valence-electron chi connectivity index (χ0n) is 10.1. The van der Waals surface area contributed by atoms with Crippen molar-refractivity contribution in [1.82, 2.24) is 10.6 Å². The van der Waals surface area contributed by atoms with Crippen molar-refractivity contribution in [3.8, 4) is 0 Å². The lowest BCUT2D eigenvalue weighted by Crippen LogP contribution is -2.48. The fourth-order valence-electron chi connectivity index (χ4n) is 1.98. The molecule has 2 aliphatic rings. The predicted molar refractivity (Wildman–Crippen MR) is 67.8 cm³/mol. The first-order chi connectivity index (χ1) is 7.41. The lowest BCUT2D eigenvalue weighted by Gasteiger charge is -2.26. The van der Waals surface area contributed by atoms with Crippen molar-refractivity contribution >= 4 is 23.6 Å². The van der Waals surface area contributed by atoms with E-state index in [1.165, 1.54) is 0 Å². The van der Waals surface area contributed by atoms with Gasteiger partial charge in [0.25, 0.3) is 5.91 Å².